The quantitative estimate of drug-likeness (QED) is 0.475. The number of halogens is 2. The van der Waals surface area contributed by atoms with Gasteiger partial charge in [-0.15, -0.1) is 0 Å². The van der Waals surface area contributed by atoms with Crippen LogP contribution >= 0.6 is 31.9 Å². The second-order valence-corrected chi connectivity index (χ2v) is 5.67. The van der Waals surface area contributed by atoms with Crippen molar-refractivity contribution in [2.75, 3.05) is 0 Å². The van der Waals surface area contributed by atoms with Crippen molar-refractivity contribution in [3.63, 3.8) is 0 Å². The lowest BCUT2D eigenvalue weighted by atomic mass is 10.2. The minimum Gasteiger partial charge on any atom is -0.488 e. The number of ether oxygens (including phenoxy) is 1. The van der Waals surface area contributed by atoms with Gasteiger partial charge in [0.05, 0.1) is 6.21 Å². The molecule has 5 heteroatoms. The molecule has 0 aliphatic heterocycles. The highest BCUT2D eigenvalue weighted by atomic mass is 79.9. The van der Waals surface area contributed by atoms with E-state index in [1.54, 1.807) is 0 Å². The van der Waals surface area contributed by atoms with E-state index in [4.69, 9.17) is 9.94 Å². The van der Waals surface area contributed by atoms with Crippen LogP contribution in [0.1, 0.15) is 11.1 Å². The van der Waals surface area contributed by atoms with Crippen molar-refractivity contribution in [3.8, 4) is 5.75 Å². The topological polar surface area (TPSA) is 41.8 Å². The SMILES string of the molecule is ON=Cc1cc(Br)ccc1OCc1ccc(Br)cc1. The molecule has 0 aliphatic rings. The van der Waals surface area contributed by atoms with Crippen molar-refractivity contribution in [3.05, 3.63) is 62.5 Å². The molecule has 2 aromatic carbocycles. The Morgan fingerprint density at radius 1 is 1.05 bits per heavy atom. The Labute approximate surface area is 128 Å². The van der Waals surface area contributed by atoms with Crippen molar-refractivity contribution in [2.45, 2.75) is 6.61 Å². The molecule has 0 radical (unpaired) electrons. The van der Waals surface area contributed by atoms with E-state index in [1.165, 1.54) is 6.21 Å². The second-order valence-electron chi connectivity index (χ2n) is 3.84. The maximum Gasteiger partial charge on any atom is 0.128 e. The molecular weight excluding hydrogens is 374 g/mol. The van der Waals surface area contributed by atoms with Gasteiger partial charge in [-0.05, 0) is 35.9 Å². The number of benzene rings is 2. The average molecular weight is 385 g/mol. The molecule has 0 saturated heterocycles. The molecule has 19 heavy (non-hydrogen) atoms. The summed E-state index contributed by atoms with van der Waals surface area (Å²) in [4.78, 5) is 0. The largest absolute Gasteiger partial charge is 0.488 e. The van der Waals surface area contributed by atoms with E-state index in [0.717, 1.165) is 14.5 Å². The summed E-state index contributed by atoms with van der Waals surface area (Å²) in [7, 11) is 0. The Morgan fingerprint density at radius 2 is 1.74 bits per heavy atom. The molecule has 2 aromatic rings. The molecule has 0 aromatic heterocycles. The Kier molecular flexibility index (Phi) is 4.99. The van der Waals surface area contributed by atoms with Crippen LogP contribution in [0.2, 0.25) is 0 Å². The van der Waals surface area contributed by atoms with Gasteiger partial charge in [0.1, 0.15) is 12.4 Å². The molecule has 0 unspecified atom stereocenters. The van der Waals surface area contributed by atoms with Gasteiger partial charge in [0, 0.05) is 14.5 Å². The van der Waals surface area contributed by atoms with E-state index in [9.17, 15) is 0 Å². The van der Waals surface area contributed by atoms with Gasteiger partial charge in [0.2, 0.25) is 0 Å². The third-order valence-corrected chi connectivity index (χ3v) is 3.50. The Balaban J connectivity index is 2.12. The van der Waals surface area contributed by atoms with E-state index < -0.39 is 0 Å². The minimum atomic E-state index is 0.460. The van der Waals surface area contributed by atoms with Gasteiger partial charge >= 0.3 is 0 Å². The lowest BCUT2D eigenvalue weighted by Crippen LogP contribution is -1.98. The van der Waals surface area contributed by atoms with E-state index in [-0.39, 0.29) is 0 Å². The lowest BCUT2D eigenvalue weighted by Gasteiger charge is -2.09. The number of hydrogen-bond donors (Lipinski definition) is 1. The van der Waals surface area contributed by atoms with Crippen molar-refractivity contribution in [1.82, 2.24) is 0 Å². The van der Waals surface area contributed by atoms with Gasteiger partial charge < -0.3 is 9.94 Å². The fraction of sp³-hybridized carbons (Fsp3) is 0.0714. The first-order valence-electron chi connectivity index (χ1n) is 5.53. The summed E-state index contributed by atoms with van der Waals surface area (Å²) in [6.45, 7) is 0.460. The van der Waals surface area contributed by atoms with Crippen LogP contribution in [0.3, 0.4) is 0 Å². The summed E-state index contributed by atoms with van der Waals surface area (Å²) in [6.07, 6.45) is 1.35. The van der Waals surface area contributed by atoms with Gasteiger partial charge in [-0.25, -0.2) is 0 Å². The lowest BCUT2D eigenvalue weighted by molar-refractivity contribution is 0.304. The van der Waals surface area contributed by atoms with Gasteiger partial charge in [-0.2, -0.15) is 0 Å². The van der Waals surface area contributed by atoms with Crippen molar-refractivity contribution < 1.29 is 9.94 Å². The van der Waals surface area contributed by atoms with Crippen molar-refractivity contribution in [2.24, 2.45) is 5.16 Å². The zero-order valence-corrected chi connectivity index (χ0v) is 13.1. The number of rotatable bonds is 4. The zero-order chi connectivity index (χ0) is 13.7. The van der Waals surface area contributed by atoms with E-state index in [1.807, 2.05) is 42.5 Å². The van der Waals surface area contributed by atoms with Crippen LogP contribution in [0.25, 0.3) is 0 Å². The average Bonchev–Trinajstić information content (AvgIpc) is 2.40. The maximum atomic E-state index is 8.64. The van der Waals surface area contributed by atoms with Crippen LogP contribution in [0.4, 0.5) is 0 Å². The van der Waals surface area contributed by atoms with Crippen LogP contribution in [-0.4, -0.2) is 11.4 Å². The van der Waals surface area contributed by atoms with Gasteiger partial charge in [0.25, 0.3) is 0 Å². The molecule has 0 fully saturated rings. The fourth-order valence-corrected chi connectivity index (χ4v) is 2.20. The summed E-state index contributed by atoms with van der Waals surface area (Å²) < 4.78 is 7.67. The van der Waals surface area contributed by atoms with Gasteiger partial charge in [0.15, 0.2) is 0 Å². The predicted octanol–water partition coefficient (Wildman–Crippen LogP) is 4.60. The zero-order valence-electron chi connectivity index (χ0n) is 9.88. The summed E-state index contributed by atoms with van der Waals surface area (Å²) in [6, 6.07) is 13.5. The van der Waals surface area contributed by atoms with Crippen LogP contribution in [-0.2, 0) is 6.61 Å². The first-order valence-corrected chi connectivity index (χ1v) is 7.12. The summed E-state index contributed by atoms with van der Waals surface area (Å²) in [5.74, 6) is 0.670. The molecule has 0 heterocycles. The fourth-order valence-electron chi connectivity index (χ4n) is 1.56. The molecule has 0 spiro atoms. The van der Waals surface area contributed by atoms with Crippen molar-refractivity contribution >= 4 is 38.1 Å². The Hall–Kier alpha value is -1.33. The second kappa shape index (κ2) is 6.73. The molecule has 3 nitrogen and oxygen atoms in total. The summed E-state index contributed by atoms with van der Waals surface area (Å²) in [5.41, 5.74) is 1.78. The standard InChI is InChI=1S/C14H11Br2NO2/c15-12-3-1-10(2-4-12)9-19-14-6-5-13(16)7-11(14)8-17-18/h1-8,18H,9H2. The Bertz CT molecular complexity index is 582. The molecule has 1 N–H and O–H groups in total. The van der Waals surface area contributed by atoms with Crippen LogP contribution < -0.4 is 4.74 Å². The third-order valence-electron chi connectivity index (χ3n) is 2.48. The predicted molar refractivity (Wildman–Crippen MR) is 82.0 cm³/mol. The van der Waals surface area contributed by atoms with Crippen LogP contribution in [0, 0.1) is 0 Å². The van der Waals surface area contributed by atoms with Crippen molar-refractivity contribution in [1.29, 1.82) is 0 Å². The van der Waals surface area contributed by atoms with Crippen LogP contribution in [0.5, 0.6) is 5.75 Å². The van der Waals surface area contributed by atoms with Gasteiger partial charge in [-0.3, -0.25) is 0 Å². The molecule has 0 amide bonds. The number of hydrogen-bond acceptors (Lipinski definition) is 3. The van der Waals surface area contributed by atoms with E-state index >= 15 is 0 Å². The molecular formula is C14H11Br2NO2. The normalized spacial score (nSPS) is 10.8. The molecule has 0 saturated carbocycles. The Morgan fingerprint density at radius 3 is 2.42 bits per heavy atom. The molecule has 0 aliphatic carbocycles. The summed E-state index contributed by atoms with van der Waals surface area (Å²) >= 11 is 6.76. The third kappa shape index (κ3) is 4.08. The van der Waals surface area contributed by atoms with Crippen LogP contribution in [0.15, 0.2) is 56.6 Å². The highest BCUT2D eigenvalue weighted by Gasteiger charge is 2.03. The first-order chi connectivity index (χ1) is 9.19. The highest BCUT2D eigenvalue weighted by Crippen LogP contribution is 2.23. The highest BCUT2D eigenvalue weighted by molar-refractivity contribution is 9.10. The molecule has 2 rings (SSSR count). The number of oxime groups is 1. The first kappa shape index (κ1) is 14.1. The van der Waals surface area contributed by atoms with Gasteiger partial charge in [-0.1, -0.05) is 49.1 Å². The molecule has 0 bridgehead atoms. The smallest absolute Gasteiger partial charge is 0.128 e. The van der Waals surface area contributed by atoms with E-state index in [2.05, 4.69) is 37.0 Å². The monoisotopic (exact) mass is 383 g/mol. The molecule has 98 valence electrons. The minimum absolute atomic E-state index is 0.460. The van der Waals surface area contributed by atoms with E-state index in [0.29, 0.717) is 17.9 Å². The summed E-state index contributed by atoms with van der Waals surface area (Å²) in [5, 5.41) is 11.7. The maximum absolute atomic E-state index is 8.64. The molecule has 0 atom stereocenters. The number of nitrogens with zero attached hydrogens (tertiary/aromatic N) is 1.